The summed E-state index contributed by atoms with van der Waals surface area (Å²) in [5, 5.41) is 2.48. The molecular weight excluding hydrogens is 288 g/mol. The molecule has 22 heavy (non-hydrogen) atoms. The topological polar surface area (TPSA) is 84.9 Å². The summed E-state index contributed by atoms with van der Waals surface area (Å²) in [6.45, 7) is 1.87. The zero-order chi connectivity index (χ0) is 16.1. The van der Waals surface area contributed by atoms with Crippen LogP contribution in [0.4, 0.5) is 4.79 Å². The molecule has 1 aliphatic heterocycles. The minimum absolute atomic E-state index is 0.159. The number of amides is 3. The summed E-state index contributed by atoms with van der Waals surface area (Å²) in [7, 11) is 1.41. The standard InChI is InChI=1S/C15H16N2O5/c1-3-21-13(18)9-22-11-6-4-10(5-7-11)8-12-14(19)17(2)15(20)16-12/h4-8H,3,9H2,1-2H3,(H,16,20)/b12-8+. The Kier molecular flexibility index (Phi) is 4.77. The maximum absolute atomic E-state index is 11.7. The Morgan fingerprint density at radius 3 is 2.50 bits per heavy atom. The van der Waals surface area contributed by atoms with Gasteiger partial charge in [-0.1, -0.05) is 12.1 Å². The first-order valence-corrected chi connectivity index (χ1v) is 6.70. The molecule has 0 aliphatic carbocycles. The van der Waals surface area contributed by atoms with E-state index in [-0.39, 0.29) is 18.2 Å². The predicted molar refractivity (Wildman–Crippen MR) is 77.8 cm³/mol. The highest BCUT2D eigenvalue weighted by Gasteiger charge is 2.29. The molecule has 1 heterocycles. The lowest BCUT2D eigenvalue weighted by Crippen LogP contribution is -2.25. The van der Waals surface area contributed by atoms with E-state index in [0.717, 1.165) is 10.5 Å². The molecule has 0 spiro atoms. The van der Waals surface area contributed by atoms with Gasteiger partial charge in [-0.05, 0) is 30.7 Å². The van der Waals surface area contributed by atoms with Gasteiger partial charge in [0, 0.05) is 7.05 Å². The molecule has 0 atom stereocenters. The van der Waals surface area contributed by atoms with Gasteiger partial charge >= 0.3 is 12.0 Å². The zero-order valence-electron chi connectivity index (χ0n) is 12.3. The number of nitrogens with one attached hydrogen (secondary N) is 1. The molecule has 0 bridgehead atoms. The van der Waals surface area contributed by atoms with Crippen molar-refractivity contribution >= 4 is 24.0 Å². The average Bonchev–Trinajstić information content (AvgIpc) is 2.74. The molecule has 1 aromatic rings. The number of hydrogen-bond acceptors (Lipinski definition) is 5. The van der Waals surface area contributed by atoms with Crippen molar-refractivity contribution in [3.05, 3.63) is 35.5 Å². The van der Waals surface area contributed by atoms with Crippen molar-refractivity contribution in [2.24, 2.45) is 0 Å². The number of urea groups is 1. The van der Waals surface area contributed by atoms with Crippen LogP contribution >= 0.6 is 0 Å². The van der Waals surface area contributed by atoms with Crippen molar-refractivity contribution in [2.45, 2.75) is 6.92 Å². The van der Waals surface area contributed by atoms with E-state index in [1.165, 1.54) is 7.05 Å². The average molecular weight is 304 g/mol. The summed E-state index contributed by atoms with van der Waals surface area (Å²) < 4.78 is 10.0. The SMILES string of the molecule is CCOC(=O)COc1ccc(/C=C2/NC(=O)N(C)C2=O)cc1. The van der Waals surface area contributed by atoms with Crippen LogP contribution < -0.4 is 10.1 Å². The van der Waals surface area contributed by atoms with Crippen LogP contribution in [-0.2, 0) is 14.3 Å². The first-order chi connectivity index (χ1) is 10.5. The van der Waals surface area contributed by atoms with Crippen molar-refractivity contribution in [3.8, 4) is 5.75 Å². The summed E-state index contributed by atoms with van der Waals surface area (Å²) in [6, 6.07) is 6.30. The molecule has 3 amide bonds. The molecule has 1 saturated heterocycles. The van der Waals surface area contributed by atoms with E-state index >= 15 is 0 Å². The third-order valence-corrected chi connectivity index (χ3v) is 2.93. The van der Waals surface area contributed by atoms with E-state index in [2.05, 4.69) is 5.32 Å². The van der Waals surface area contributed by atoms with E-state index in [1.807, 2.05) is 0 Å². The van der Waals surface area contributed by atoms with Gasteiger partial charge in [0.1, 0.15) is 11.4 Å². The number of benzene rings is 1. The van der Waals surface area contributed by atoms with Gasteiger partial charge in [0.15, 0.2) is 6.61 Å². The molecule has 1 aromatic carbocycles. The molecule has 116 valence electrons. The molecule has 0 saturated carbocycles. The number of hydrogen-bond donors (Lipinski definition) is 1. The first-order valence-electron chi connectivity index (χ1n) is 6.70. The number of imide groups is 1. The number of nitrogens with zero attached hydrogens (tertiary/aromatic N) is 1. The second-order valence-electron chi connectivity index (χ2n) is 4.52. The van der Waals surface area contributed by atoms with E-state index in [9.17, 15) is 14.4 Å². The van der Waals surface area contributed by atoms with Gasteiger partial charge in [-0.3, -0.25) is 9.69 Å². The fourth-order valence-corrected chi connectivity index (χ4v) is 1.80. The van der Waals surface area contributed by atoms with Crippen molar-refractivity contribution in [3.63, 3.8) is 0 Å². The van der Waals surface area contributed by atoms with E-state index < -0.39 is 12.0 Å². The van der Waals surface area contributed by atoms with Crippen molar-refractivity contribution in [1.82, 2.24) is 10.2 Å². The van der Waals surface area contributed by atoms with Crippen LogP contribution in [0.5, 0.6) is 5.75 Å². The highest BCUT2D eigenvalue weighted by Crippen LogP contribution is 2.16. The lowest BCUT2D eigenvalue weighted by Gasteiger charge is -2.06. The number of carbonyl (C=O) groups is 3. The van der Waals surface area contributed by atoms with Crippen LogP contribution in [0.15, 0.2) is 30.0 Å². The number of rotatable bonds is 5. The van der Waals surface area contributed by atoms with Gasteiger partial charge in [0.25, 0.3) is 5.91 Å². The Morgan fingerprint density at radius 2 is 1.95 bits per heavy atom. The molecule has 1 fully saturated rings. The highest BCUT2D eigenvalue weighted by molar-refractivity contribution is 6.13. The summed E-state index contributed by atoms with van der Waals surface area (Å²) in [6.07, 6.45) is 1.57. The molecule has 0 aromatic heterocycles. The van der Waals surface area contributed by atoms with Gasteiger partial charge in [-0.2, -0.15) is 0 Å². The van der Waals surface area contributed by atoms with E-state index in [0.29, 0.717) is 12.4 Å². The Hall–Kier alpha value is -2.83. The highest BCUT2D eigenvalue weighted by atomic mass is 16.6. The van der Waals surface area contributed by atoms with Gasteiger partial charge < -0.3 is 14.8 Å². The molecule has 2 rings (SSSR count). The number of esters is 1. The number of likely N-dealkylation sites (N-methyl/N-ethyl adjacent to an activating group) is 1. The molecular formula is C15H16N2O5. The fraction of sp³-hybridized carbons (Fsp3) is 0.267. The quantitative estimate of drug-likeness (QED) is 0.501. The molecule has 0 radical (unpaired) electrons. The monoisotopic (exact) mass is 304 g/mol. The third kappa shape index (κ3) is 3.63. The molecule has 7 heteroatoms. The van der Waals surface area contributed by atoms with Gasteiger partial charge in [-0.15, -0.1) is 0 Å². The van der Waals surface area contributed by atoms with Crippen molar-refractivity contribution in [1.29, 1.82) is 0 Å². The van der Waals surface area contributed by atoms with Crippen molar-refractivity contribution in [2.75, 3.05) is 20.3 Å². The van der Waals surface area contributed by atoms with Gasteiger partial charge in [0.2, 0.25) is 0 Å². The van der Waals surface area contributed by atoms with E-state index in [1.54, 1.807) is 37.3 Å². The fourth-order valence-electron chi connectivity index (χ4n) is 1.80. The van der Waals surface area contributed by atoms with Gasteiger partial charge in [0.05, 0.1) is 6.61 Å². The smallest absolute Gasteiger partial charge is 0.344 e. The maximum Gasteiger partial charge on any atom is 0.344 e. The Balaban J connectivity index is 1.99. The van der Waals surface area contributed by atoms with Crippen LogP contribution in [-0.4, -0.2) is 43.1 Å². The summed E-state index contributed by atoms with van der Waals surface area (Å²) in [5.41, 5.74) is 0.940. The summed E-state index contributed by atoms with van der Waals surface area (Å²) in [5.74, 6) is -0.308. The Labute approximate surface area is 127 Å². The number of ether oxygens (including phenoxy) is 2. The second-order valence-corrected chi connectivity index (χ2v) is 4.52. The van der Waals surface area contributed by atoms with Gasteiger partial charge in [-0.25, -0.2) is 9.59 Å². The lowest BCUT2D eigenvalue weighted by atomic mass is 10.2. The summed E-state index contributed by atoms with van der Waals surface area (Å²) in [4.78, 5) is 35.2. The second kappa shape index (κ2) is 6.75. The predicted octanol–water partition coefficient (Wildman–Crippen LogP) is 1.15. The Bertz CT molecular complexity index is 621. The lowest BCUT2D eigenvalue weighted by molar-refractivity contribution is -0.145. The van der Waals surface area contributed by atoms with Crippen LogP contribution in [0.2, 0.25) is 0 Å². The van der Waals surface area contributed by atoms with E-state index in [4.69, 9.17) is 9.47 Å². The van der Waals surface area contributed by atoms with Crippen LogP contribution in [0, 0.1) is 0 Å². The molecule has 1 aliphatic rings. The molecule has 0 unspecified atom stereocenters. The summed E-state index contributed by atoms with van der Waals surface area (Å²) >= 11 is 0. The van der Waals surface area contributed by atoms with Crippen LogP contribution in [0.3, 0.4) is 0 Å². The minimum atomic E-state index is -0.453. The Morgan fingerprint density at radius 1 is 1.27 bits per heavy atom. The zero-order valence-corrected chi connectivity index (χ0v) is 12.3. The maximum atomic E-state index is 11.7. The van der Waals surface area contributed by atoms with Crippen molar-refractivity contribution < 1.29 is 23.9 Å². The van der Waals surface area contributed by atoms with Crippen LogP contribution in [0.1, 0.15) is 12.5 Å². The third-order valence-electron chi connectivity index (χ3n) is 2.93. The largest absolute Gasteiger partial charge is 0.482 e. The number of carbonyl (C=O) groups excluding carboxylic acids is 3. The van der Waals surface area contributed by atoms with Crippen LogP contribution in [0.25, 0.3) is 6.08 Å². The minimum Gasteiger partial charge on any atom is -0.482 e. The normalized spacial score (nSPS) is 15.9. The molecule has 7 nitrogen and oxygen atoms in total. The molecule has 1 N–H and O–H groups in total. The first kappa shape index (κ1) is 15.6.